The molecule has 0 bridgehead atoms. The third kappa shape index (κ3) is 4.87. The average molecular weight is 432 g/mol. The maximum atomic E-state index is 11.5. The van der Waals surface area contributed by atoms with Crippen LogP contribution in [0.15, 0.2) is 66.7 Å². The topological polar surface area (TPSA) is 74.4 Å². The van der Waals surface area contributed by atoms with E-state index in [1.165, 1.54) is 10.3 Å². The first-order chi connectivity index (χ1) is 15.7. The number of fused-ring (bicyclic) bond motifs is 1. The molecule has 6 heteroatoms. The molecule has 0 N–H and O–H groups in total. The van der Waals surface area contributed by atoms with Gasteiger partial charge in [-0.05, 0) is 46.5 Å². The molecule has 166 valence electrons. The van der Waals surface area contributed by atoms with E-state index >= 15 is 0 Å². The zero-order chi connectivity index (χ0) is 21.9. The Balaban J connectivity index is 1.29. The van der Waals surface area contributed by atoms with E-state index in [1.54, 1.807) is 0 Å². The number of piperidine rings is 1. The summed E-state index contributed by atoms with van der Waals surface area (Å²) >= 11 is 0. The van der Waals surface area contributed by atoms with Crippen molar-refractivity contribution in [2.45, 2.75) is 31.2 Å². The molecule has 1 amide bonds. The van der Waals surface area contributed by atoms with E-state index < -0.39 is 6.09 Å². The van der Waals surface area contributed by atoms with Gasteiger partial charge in [0.1, 0.15) is 24.6 Å². The van der Waals surface area contributed by atoms with E-state index in [1.807, 2.05) is 24.3 Å². The number of hydrogen-bond donors (Lipinski definition) is 0. The molecular weight excluding hydrogens is 406 g/mol. The summed E-state index contributed by atoms with van der Waals surface area (Å²) in [5, 5.41) is 13.8. The predicted octanol–water partition coefficient (Wildman–Crippen LogP) is 3.34. The number of amides is 1. The zero-order valence-corrected chi connectivity index (χ0v) is 17.8. The molecule has 3 atom stereocenters. The second-order valence-electron chi connectivity index (χ2n) is 8.47. The molecule has 5 rings (SSSR count). The number of ether oxygens (including phenoxy) is 3. The summed E-state index contributed by atoms with van der Waals surface area (Å²) in [5.41, 5.74) is 2.19. The fourth-order valence-electron chi connectivity index (χ4n) is 4.33. The molecule has 2 heterocycles. The lowest BCUT2D eigenvalue weighted by Crippen LogP contribution is -2.51. The van der Waals surface area contributed by atoms with Crippen molar-refractivity contribution in [2.75, 3.05) is 26.3 Å². The average Bonchev–Trinajstić information content (AvgIpc) is 3.66. The number of carbonyl (C=O) groups is 1. The van der Waals surface area contributed by atoms with Crippen molar-refractivity contribution >= 4 is 16.9 Å². The van der Waals surface area contributed by atoms with Crippen LogP contribution in [-0.4, -0.2) is 49.5 Å². The first kappa shape index (κ1) is 20.8. The highest BCUT2D eigenvalue weighted by Crippen LogP contribution is 2.32. The Morgan fingerprint density at radius 2 is 1.84 bits per heavy atom. The molecule has 0 aromatic heterocycles. The van der Waals surface area contributed by atoms with E-state index in [2.05, 4.69) is 42.5 Å². The minimum atomic E-state index is -1.14. The summed E-state index contributed by atoms with van der Waals surface area (Å²) in [7, 11) is 0. The highest BCUT2D eigenvalue weighted by atomic mass is 16.6. The van der Waals surface area contributed by atoms with Crippen LogP contribution >= 0.6 is 0 Å². The quantitative estimate of drug-likeness (QED) is 0.536. The van der Waals surface area contributed by atoms with Crippen molar-refractivity contribution in [3.05, 3.63) is 77.9 Å². The second-order valence-corrected chi connectivity index (χ2v) is 8.47. The summed E-state index contributed by atoms with van der Waals surface area (Å²) in [6.07, 6.45) is -0.489. The van der Waals surface area contributed by atoms with Gasteiger partial charge < -0.3 is 29.0 Å². The SMILES string of the molecule is O=C([O-])N1CCC(c2ccc(OCC3CO3)cc2)C(OCc2ccc3ccccc3c2)C1. The summed E-state index contributed by atoms with van der Waals surface area (Å²) in [4.78, 5) is 12.8. The van der Waals surface area contributed by atoms with Gasteiger partial charge in [0, 0.05) is 19.0 Å². The van der Waals surface area contributed by atoms with Crippen molar-refractivity contribution in [3.63, 3.8) is 0 Å². The van der Waals surface area contributed by atoms with Gasteiger partial charge in [0.25, 0.3) is 0 Å². The summed E-state index contributed by atoms with van der Waals surface area (Å²) in [5.74, 6) is 0.914. The van der Waals surface area contributed by atoms with Crippen LogP contribution in [-0.2, 0) is 16.1 Å². The fraction of sp³-hybridized carbons (Fsp3) is 0.346. The summed E-state index contributed by atoms with van der Waals surface area (Å²) in [6.45, 7) is 2.51. The number of nitrogens with zero attached hydrogens (tertiary/aromatic N) is 1. The molecule has 0 radical (unpaired) electrons. The van der Waals surface area contributed by atoms with Crippen LogP contribution in [0.1, 0.15) is 23.5 Å². The van der Waals surface area contributed by atoms with Crippen molar-refractivity contribution < 1.29 is 24.1 Å². The molecule has 0 spiro atoms. The molecule has 3 aromatic rings. The Hall–Kier alpha value is -3.09. The van der Waals surface area contributed by atoms with Gasteiger partial charge in [0.05, 0.1) is 19.3 Å². The minimum absolute atomic E-state index is 0.104. The van der Waals surface area contributed by atoms with Gasteiger partial charge in [-0.2, -0.15) is 0 Å². The lowest BCUT2D eigenvalue weighted by Gasteiger charge is -2.40. The number of epoxide rings is 1. The van der Waals surface area contributed by atoms with Crippen molar-refractivity contribution in [3.8, 4) is 5.75 Å². The first-order valence-corrected chi connectivity index (χ1v) is 11.1. The lowest BCUT2D eigenvalue weighted by atomic mass is 9.87. The van der Waals surface area contributed by atoms with E-state index in [0.29, 0.717) is 32.7 Å². The second kappa shape index (κ2) is 9.18. The Labute approximate surface area is 187 Å². The number of benzene rings is 3. The number of hydrogen-bond acceptors (Lipinski definition) is 5. The van der Waals surface area contributed by atoms with Crippen LogP contribution in [0.4, 0.5) is 4.79 Å². The van der Waals surface area contributed by atoms with E-state index in [-0.39, 0.29) is 18.1 Å². The van der Waals surface area contributed by atoms with Gasteiger partial charge in [-0.1, -0.05) is 48.5 Å². The van der Waals surface area contributed by atoms with Gasteiger partial charge in [-0.25, -0.2) is 0 Å². The van der Waals surface area contributed by atoms with Gasteiger partial charge >= 0.3 is 0 Å². The van der Waals surface area contributed by atoms with E-state index in [4.69, 9.17) is 14.2 Å². The smallest absolute Gasteiger partial charge is 0.137 e. The van der Waals surface area contributed by atoms with Gasteiger partial charge in [-0.3, -0.25) is 0 Å². The fourth-order valence-corrected chi connectivity index (χ4v) is 4.33. The van der Waals surface area contributed by atoms with Crippen molar-refractivity contribution in [2.24, 2.45) is 0 Å². The molecule has 3 unspecified atom stereocenters. The van der Waals surface area contributed by atoms with Crippen molar-refractivity contribution in [1.82, 2.24) is 4.90 Å². The monoisotopic (exact) mass is 432 g/mol. The van der Waals surface area contributed by atoms with E-state index in [9.17, 15) is 9.90 Å². The summed E-state index contributed by atoms with van der Waals surface area (Å²) < 4.78 is 17.2. The lowest BCUT2D eigenvalue weighted by molar-refractivity contribution is -0.268. The minimum Gasteiger partial charge on any atom is -0.530 e. The predicted molar refractivity (Wildman–Crippen MR) is 119 cm³/mol. The van der Waals surface area contributed by atoms with Crippen molar-refractivity contribution in [1.29, 1.82) is 0 Å². The molecule has 0 aliphatic carbocycles. The molecule has 2 aliphatic rings. The highest BCUT2D eigenvalue weighted by molar-refractivity contribution is 5.82. The molecule has 6 nitrogen and oxygen atoms in total. The van der Waals surface area contributed by atoms with Gasteiger partial charge in [0.2, 0.25) is 0 Å². The van der Waals surface area contributed by atoms with Gasteiger partial charge in [0.15, 0.2) is 0 Å². The maximum absolute atomic E-state index is 11.5. The third-order valence-corrected chi connectivity index (χ3v) is 6.24. The molecule has 0 saturated carbocycles. The maximum Gasteiger partial charge on any atom is 0.137 e. The zero-order valence-electron chi connectivity index (χ0n) is 17.8. The Morgan fingerprint density at radius 3 is 2.59 bits per heavy atom. The molecule has 2 aliphatic heterocycles. The standard InChI is InChI=1S/C26H27NO5/c28-26(29)27-12-11-24(20-7-9-22(10-8-20)30-16-23-17-31-23)25(14-27)32-15-18-5-6-19-3-1-2-4-21(19)13-18/h1-10,13,23-25H,11-12,14-17H2,(H,28,29)/p-1. The first-order valence-electron chi connectivity index (χ1n) is 11.1. The molecule has 32 heavy (non-hydrogen) atoms. The Kier molecular flexibility index (Phi) is 5.97. The largest absolute Gasteiger partial charge is 0.530 e. The molecular formula is C26H26NO5-. The van der Waals surface area contributed by atoms with Crippen LogP contribution in [0.3, 0.4) is 0 Å². The highest BCUT2D eigenvalue weighted by Gasteiger charge is 2.31. The van der Waals surface area contributed by atoms with Crippen LogP contribution in [0.5, 0.6) is 5.75 Å². The normalized spacial score (nSPS) is 22.6. The number of rotatable bonds is 7. The third-order valence-electron chi connectivity index (χ3n) is 6.24. The summed E-state index contributed by atoms with van der Waals surface area (Å²) in [6, 6.07) is 22.5. The van der Waals surface area contributed by atoms with Crippen LogP contribution in [0.25, 0.3) is 10.8 Å². The number of likely N-dealkylation sites (tertiary alicyclic amines) is 1. The van der Waals surface area contributed by atoms with Crippen LogP contribution in [0, 0.1) is 0 Å². The Bertz CT molecular complexity index is 1080. The van der Waals surface area contributed by atoms with Gasteiger partial charge in [-0.15, -0.1) is 0 Å². The number of carboxylic acid groups (broad SMARTS) is 1. The van der Waals surface area contributed by atoms with Crippen LogP contribution in [0.2, 0.25) is 0 Å². The Morgan fingerprint density at radius 1 is 1.06 bits per heavy atom. The molecule has 2 saturated heterocycles. The van der Waals surface area contributed by atoms with E-state index in [0.717, 1.165) is 28.9 Å². The van der Waals surface area contributed by atoms with Crippen LogP contribution < -0.4 is 9.84 Å². The molecule has 2 fully saturated rings. The molecule has 3 aromatic carbocycles. The number of carbonyl (C=O) groups excluding carboxylic acids is 1.